The number of aromatic amines is 2. The van der Waals surface area contributed by atoms with E-state index in [9.17, 15) is 26.4 Å². The maximum atomic E-state index is 13.2. The van der Waals surface area contributed by atoms with Gasteiger partial charge in [-0.25, -0.2) is 18.3 Å². The summed E-state index contributed by atoms with van der Waals surface area (Å²) in [5.74, 6) is -0.172. The Balaban J connectivity index is 2.08. The predicted molar refractivity (Wildman–Crippen MR) is 91.9 cm³/mol. The number of hydrogen-bond donors (Lipinski definition) is 3. The highest BCUT2D eigenvalue weighted by atomic mass is 35.5. The van der Waals surface area contributed by atoms with Crippen LogP contribution in [-0.4, -0.2) is 23.6 Å². The van der Waals surface area contributed by atoms with Crippen LogP contribution in [0.1, 0.15) is 5.56 Å². The number of hydrogen-bond acceptors (Lipinski definition) is 4. The Hall–Kier alpha value is -2.79. The van der Waals surface area contributed by atoms with Crippen molar-refractivity contribution >= 4 is 27.3 Å². The first-order chi connectivity index (χ1) is 12.5. The summed E-state index contributed by atoms with van der Waals surface area (Å²) in [5, 5.41) is 5.74. The molecule has 12 heteroatoms. The molecule has 0 aliphatic heterocycles. The lowest BCUT2D eigenvalue weighted by Crippen LogP contribution is -2.14. The highest BCUT2D eigenvalue weighted by molar-refractivity contribution is 7.92. The van der Waals surface area contributed by atoms with Gasteiger partial charge in [0.2, 0.25) is 0 Å². The molecule has 0 aliphatic rings. The molecular weight excluding hydrogens is 409 g/mol. The molecule has 0 fully saturated rings. The first-order valence-electron chi connectivity index (χ1n) is 7.20. The molecule has 1 aromatic heterocycles. The molecule has 0 saturated carbocycles. The summed E-state index contributed by atoms with van der Waals surface area (Å²) in [4.78, 5) is 13.2. The molecule has 0 atom stereocenters. The highest BCUT2D eigenvalue weighted by Crippen LogP contribution is 2.34. The summed E-state index contributed by atoms with van der Waals surface area (Å²) in [7, 11) is -4.19. The largest absolute Gasteiger partial charge is 0.416 e. The zero-order valence-corrected chi connectivity index (χ0v) is 14.7. The van der Waals surface area contributed by atoms with Crippen molar-refractivity contribution in [1.29, 1.82) is 0 Å². The Labute approximate surface area is 155 Å². The lowest BCUT2D eigenvalue weighted by Gasteiger charge is -2.13. The summed E-state index contributed by atoms with van der Waals surface area (Å²) < 4.78 is 66.5. The van der Waals surface area contributed by atoms with Gasteiger partial charge in [-0.15, -0.1) is 0 Å². The first kappa shape index (κ1) is 19.0. The van der Waals surface area contributed by atoms with Crippen LogP contribution in [0.5, 0.6) is 0 Å². The van der Waals surface area contributed by atoms with Crippen molar-refractivity contribution in [2.24, 2.45) is 0 Å². The third kappa shape index (κ3) is 4.31. The van der Waals surface area contributed by atoms with Gasteiger partial charge < -0.3 is 0 Å². The zero-order valence-electron chi connectivity index (χ0n) is 13.1. The van der Waals surface area contributed by atoms with E-state index in [2.05, 4.69) is 14.8 Å². The fourth-order valence-electron chi connectivity index (χ4n) is 2.24. The maximum absolute atomic E-state index is 13.2. The lowest BCUT2D eigenvalue weighted by molar-refractivity contribution is -0.137. The van der Waals surface area contributed by atoms with Crippen molar-refractivity contribution < 1.29 is 21.6 Å². The van der Waals surface area contributed by atoms with E-state index in [-0.39, 0.29) is 27.0 Å². The average molecular weight is 419 g/mol. The Bertz CT molecular complexity index is 1160. The van der Waals surface area contributed by atoms with Crippen LogP contribution in [-0.2, 0) is 16.2 Å². The second-order valence-electron chi connectivity index (χ2n) is 5.39. The van der Waals surface area contributed by atoms with Crippen LogP contribution in [0.4, 0.5) is 18.9 Å². The summed E-state index contributed by atoms with van der Waals surface area (Å²) in [5.41, 5.74) is -2.33. The molecule has 2 aromatic carbocycles. The molecule has 0 radical (unpaired) electrons. The normalized spacial score (nSPS) is 12.1. The SMILES string of the molecule is O=c1[nH]nc(-c2cc(NS(=O)(=O)c3cccc(Cl)c3)cc(C(F)(F)F)c2)[nH]1. The number of rotatable bonds is 4. The topological polar surface area (TPSA) is 108 Å². The molecule has 0 saturated heterocycles. The van der Waals surface area contributed by atoms with E-state index < -0.39 is 27.5 Å². The average Bonchev–Trinajstić information content (AvgIpc) is 3.00. The van der Waals surface area contributed by atoms with Crippen molar-refractivity contribution in [3.05, 3.63) is 63.5 Å². The molecule has 7 nitrogen and oxygen atoms in total. The second-order valence-corrected chi connectivity index (χ2v) is 7.50. The number of nitrogens with one attached hydrogen (secondary N) is 3. The minimum atomic E-state index is -4.75. The summed E-state index contributed by atoms with van der Waals surface area (Å²) >= 11 is 5.76. The molecule has 0 spiro atoms. The molecule has 0 amide bonds. The smallest absolute Gasteiger partial charge is 0.289 e. The monoisotopic (exact) mass is 418 g/mol. The number of alkyl halides is 3. The molecule has 3 N–H and O–H groups in total. The van der Waals surface area contributed by atoms with Crippen molar-refractivity contribution in [3.8, 4) is 11.4 Å². The second kappa shape index (κ2) is 6.74. The van der Waals surface area contributed by atoms with Gasteiger partial charge in [0.25, 0.3) is 10.0 Å². The number of anilines is 1. The van der Waals surface area contributed by atoms with Crippen LogP contribution in [0, 0.1) is 0 Å². The van der Waals surface area contributed by atoms with Crippen LogP contribution in [0.15, 0.2) is 52.2 Å². The summed E-state index contributed by atoms with van der Waals surface area (Å²) in [6.45, 7) is 0. The van der Waals surface area contributed by atoms with Gasteiger partial charge in [0.05, 0.1) is 16.1 Å². The Morgan fingerprint density at radius 1 is 1.11 bits per heavy atom. The first-order valence-corrected chi connectivity index (χ1v) is 9.06. The Morgan fingerprint density at radius 3 is 2.44 bits per heavy atom. The fraction of sp³-hybridized carbons (Fsp3) is 0.0667. The minimum absolute atomic E-state index is 0.132. The molecule has 27 heavy (non-hydrogen) atoms. The van der Waals surface area contributed by atoms with Gasteiger partial charge in [-0.2, -0.15) is 18.3 Å². The Morgan fingerprint density at radius 2 is 1.85 bits per heavy atom. The number of aromatic nitrogens is 3. The van der Waals surface area contributed by atoms with Crippen LogP contribution < -0.4 is 10.4 Å². The number of halogens is 4. The van der Waals surface area contributed by atoms with Gasteiger partial charge in [-0.3, -0.25) is 9.71 Å². The molecule has 0 bridgehead atoms. The van der Waals surface area contributed by atoms with Gasteiger partial charge in [0.15, 0.2) is 5.82 Å². The number of H-pyrrole nitrogens is 2. The number of benzene rings is 2. The summed E-state index contributed by atoms with van der Waals surface area (Å²) in [6.07, 6.45) is -4.75. The molecular formula is C15H10ClF3N4O3S. The lowest BCUT2D eigenvalue weighted by atomic mass is 10.1. The van der Waals surface area contributed by atoms with Crippen LogP contribution in [0.25, 0.3) is 11.4 Å². The van der Waals surface area contributed by atoms with Crippen LogP contribution in [0.3, 0.4) is 0 Å². The molecule has 0 aliphatic carbocycles. The fourth-order valence-corrected chi connectivity index (χ4v) is 3.58. The van der Waals surface area contributed by atoms with Gasteiger partial charge in [0.1, 0.15) is 0 Å². The van der Waals surface area contributed by atoms with E-state index in [4.69, 9.17) is 11.6 Å². The zero-order chi connectivity index (χ0) is 19.8. The molecule has 1 heterocycles. The Kier molecular flexibility index (Phi) is 4.74. The van der Waals surface area contributed by atoms with Crippen LogP contribution in [0.2, 0.25) is 5.02 Å². The van der Waals surface area contributed by atoms with E-state index >= 15 is 0 Å². The minimum Gasteiger partial charge on any atom is -0.289 e. The standard InChI is InChI=1S/C15H10ClF3N4O3S/c16-10-2-1-3-12(7-10)27(25,26)23-11-5-8(13-20-14(24)22-21-13)4-9(6-11)15(17,18)19/h1-7,23H,(H2,20,21,22,24). The predicted octanol–water partition coefficient (Wildman–Crippen LogP) is 3.24. The van der Waals surface area contributed by atoms with E-state index in [1.807, 2.05) is 5.10 Å². The molecule has 3 aromatic rings. The van der Waals surface area contributed by atoms with Crippen molar-refractivity contribution in [2.75, 3.05) is 4.72 Å². The summed E-state index contributed by atoms with van der Waals surface area (Å²) in [6, 6.07) is 7.74. The van der Waals surface area contributed by atoms with Crippen molar-refractivity contribution in [1.82, 2.24) is 15.2 Å². The van der Waals surface area contributed by atoms with Gasteiger partial charge in [0, 0.05) is 10.6 Å². The van der Waals surface area contributed by atoms with E-state index in [0.29, 0.717) is 6.07 Å². The van der Waals surface area contributed by atoms with Crippen molar-refractivity contribution in [2.45, 2.75) is 11.1 Å². The van der Waals surface area contributed by atoms with E-state index in [1.165, 1.54) is 18.2 Å². The van der Waals surface area contributed by atoms with E-state index in [0.717, 1.165) is 18.2 Å². The van der Waals surface area contributed by atoms with Gasteiger partial charge in [-0.05, 0) is 36.4 Å². The molecule has 3 rings (SSSR count). The van der Waals surface area contributed by atoms with Crippen LogP contribution >= 0.6 is 11.6 Å². The quantitative estimate of drug-likeness (QED) is 0.604. The number of nitrogens with zero attached hydrogens (tertiary/aromatic N) is 1. The third-order valence-corrected chi connectivity index (χ3v) is 5.01. The van der Waals surface area contributed by atoms with Crippen molar-refractivity contribution in [3.63, 3.8) is 0 Å². The number of sulfonamides is 1. The molecule has 0 unspecified atom stereocenters. The molecule has 142 valence electrons. The highest BCUT2D eigenvalue weighted by Gasteiger charge is 2.32. The van der Waals surface area contributed by atoms with E-state index in [1.54, 1.807) is 0 Å². The van der Waals surface area contributed by atoms with Gasteiger partial charge in [-0.1, -0.05) is 17.7 Å². The third-order valence-electron chi connectivity index (χ3n) is 3.39. The van der Waals surface area contributed by atoms with Gasteiger partial charge >= 0.3 is 11.9 Å². The maximum Gasteiger partial charge on any atom is 0.416 e.